The first kappa shape index (κ1) is 17.8. The molecule has 0 unspecified atom stereocenters. The monoisotopic (exact) mass is 331 g/mol. The zero-order chi connectivity index (χ0) is 17.4. The maximum absolute atomic E-state index is 5.70. The lowest BCUT2D eigenvalue weighted by molar-refractivity contribution is 0.336. The first-order chi connectivity index (χ1) is 11.6. The second kappa shape index (κ2) is 8.90. The first-order valence-corrected chi connectivity index (χ1v) is 8.16. The lowest BCUT2D eigenvalue weighted by Crippen LogP contribution is -2.37. The maximum Gasteiger partial charge on any atom is 0.223 e. The maximum atomic E-state index is 5.70. The van der Waals surface area contributed by atoms with E-state index in [1.165, 1.54) is 5.56 Å². The van der Waals surface area contributed by atoms with Crippen LogP contribution in [0.1, 0.15) is 36.7 Å². The van der Waals surface area contributed by atoms with Crippen LogP contribution in [0.2, 0.25) is 0 Å². The van der Waals surface area contributed by atoms with Crippen molar-refractivity contribution in [2.24, 2.45) is 4.99 Å². The summed E-state index contributed by atoms with van der Waals surface area (Å²) in [7, 11) is 0. The van der Waals surface area contributed by atoms with E-state index < -0.39 is 0 Å². The predicted molar refractivity (Wildman–Crippen MR) is 93.0 cm³/mol. The molecule has 7 nitrogen and oxygen atoms in total. The van der Waals surface area contributed by atoms with Crippen LogP contribution < -0.4 is 15.4 Å². The van der Waals surface area contributed by atoms with Crippen molar-refractivity contribution >= 4 is 5.96 Å². The SMILES string of the molecule is CCNC(=NCc1ccc(C)cc1OCC)NCc1noc(C)n1. The topological polar surface area (TPSA) is 84.6 Å². The molecule has 7 heteroatoms. The molecule has 0 spiro atoms. The Labute approximate surface area is 142 Å². The predicted octanol–water partition coefficient (Wildman–Crippen LogP) is 2.34. The summed E-state index contributed by atoms with van der Waals surface area (Å²) < 4.78 is 10.7. The second-order valence-corrected chi connectivity index (χ2v) is 5.32. The number of nitrogens with zero attached hydrogens (tertiary/aromatic N) is 3. The van der Waals surface area contributed by atoms with Gasteiger partial charge in [0, 0.05) is 19.0 Å². The fourth-order valence-electron chi connectivity index (χ4n) is 2.16. The van der Waals surface area contributed by atoms with Gasteiger partial charge in [0.25, 0.3) is 0 Å². The van der Waals surface area contributed by atoms with Crippen molar-refractivity contribution in [2.75, 3.05) is 13.2 Å². The lowest BCUT2D eigenvalue weighted by atomic mass is 10.1. The van der Waals surface area contributed by atoms with Crippen molar-refractivity contribution in [3.05, 3.63) is 41.0 Å². The molecule has 0 amide bonds. The number of nitrogens with one attached hydrogen (secondary N) is 2. The van der Waals surface area contributed by atoms with E-state index in [2.05, 4.69) is 37.9 Å². The number of rotatable bonds is 7. The fraction of sp³-hybridized carbons (Fsp3) is 0.471. The molecule has 0 aliphatic heterocycles. The number of benzene rings is 1. The average Bonchev–Trinajstić information content (AvgIpc) is 2.97. The van der Waals surface area contributed by atoms with Gasteiger partial charge in [0.2, 0.25) is 5.89 Å². The van der Waals surface area contributed by atoms with Crippen LogP contribution >= 0.6 is 0 Å². The van der Waals surface area contributed by atoms with Gasteiger partial charge < -0.3 is 19.9 Å². The fourth-order valence-corrected chi connectivity index (χ4v) is 2.16. The molecule has 2 aromatic rings. The molecular weight excluding hydrogens is 306 g/mol. The van der Waals surface area contributed by atoms with Crippen LogP contribution in [-0.4, -0.2) is 29.3 Å². The third-order valence-corrected chi connectivity index (χ3v) is 3.26. The Morgan fingerprint density at radius 3 is 2.75 bits per heavy atom. The van der Waals surface area contributed by atoms with Crippen LogP contribution in [0.3, 0.4) is 0 Å². The number of guanidine groups is 1. The van der Waals surface area contributed by atoms with Gasteiger partial charge in [-0.3, -0.25) is 0 Å². The van der Waals surface area contributed by atoms with E-state index in [0.29, 0.717) is 37.4 Å². The number of aliphatic imine (C=N–C) groups is 1. The Hall–Kier alpha value is -2.57. The molecule has 0 atom stereocenters. The van der Waals surface area contributed by atoms with Crippen molar-refractivity contribution in [1.82, 2.24) is 20.8 Å². The molecule has 1 aromatic carbocycles. The van der Waals surface area contributed by atoms with Gasteiger partial charge in [-0.25, -0.2) is 4.99 Å². The van der Waals surface area contributed by atoms with Crippen molar-refractivity contribution < 1.29 is 9.26 Å². The molecule has 130 valence electrons. The van der Waals surface area contributed by atoms with Crippen LogP contribution in [0.25, 0.3) is 0 Å². The Morgan fingerprint density at radius 2 is 2.08 bits per heavy atom. The third kappa shape index (κ3) is 5.26. The summed E-state index contributed by atoms with van der Waals surface area (Å²) in [5.74, 6) is 2.73. The molecule has 1 aromatic heterocycles. The molecule has 0 saturated heterocycles. The molecule has 0 aliphatic carbocycles. The Bertz CT molecular complexity index is 681. The van der Waals surface area contributed by atoms with Crippen LogP contribution in [0.5, 0.6) is 5.75 Å². The van der Waals surface area contributed by atoms with Crippen LogP contribution in [-0.2, 0) is 13.1 Å². The van der Waals surface area contributed by atoms with Gasteiger partial charge in [-0.1, -0.05) is 17.3 Å². The van der Waals surface area contributed by atoms with Gasteiger partial charge in [0.1, 0.15) is 5.75 Å². The number of ether oxygens (including phenoxy) is 1. The quantitative estimate of drug-likeness (QED) is 0.598. The smallest absolute Gasteiger partial charge is 0.223 e. The molecule has 2 rings (SSSR count). The largest absolute Gasteiger partial charge is 0.494 e. The summed E-state index contributed by atoms with van der Waals surface area (Å²) >= 11 is 0. The van der Waals surface area contributed by atoms with E-state index in [1.807, 2.05) is 26.8 Å². The van der Waals surface area contributed by atoms with Gasteiger partial charge in [-0.05, 0) is 32.4 Å². The van der Waals surface area contributed by atoms with E-state index in [1.54, 1.807) is 6.92 Å². The molecule has 2 N–H and O–H groups in total. The highest BCUT2D eigenvalue weighted by Gasteiger charge is 2.06. The van der Waals surface area contributed by atoms with E-state index in [0.717, 1.165) is 17.9 Å². The summed E-state index contributed by atoms with van der Waals surface area (Å²) in [6.07, 6.45) is 0. The zero-order valence-corrected chi connectivity index (χ0v) is 14.7. The third-order valence-electron chi connectivity index (χ3n) is 3.26. The number of hydrogen-bond donors (Lipinski definition) is 2. The molecule has 24 heavy (non-hydrogen) atoms. The van der Waals surface area contributed by atoms with Crippen molar-refractivity contribution in [1.29, 1.82) is 0 Å². The summed E-state index contributed by atoms with van der Waals surface area (Å²) in [6, 6.07) is 6.16. The van der Waals surface area contributed by atoms with E-state index >= 15 is 0 Å². The minimum absolute atomic E-state index is 0.454. The number of aryl methyl sites for hydroxylation is 2. The summed E-state index contributed by atoms with van der Waals surface area (Å²) in [5, 5.41) is 10.3. The molecule has 0 saturated carbocycles. The molecule has 1 heterocycles. The minimum atomic E-state index is 0.454. The van der Waals surface area contributed by atoms with Gasteiger partial charge in [-0.2, -0.15) is 4.98 Å². The van der Waals surface area contributed by atoms with E-state index in [9.17, 15) is 0 Å². The summed E-state index contributed by atoms with van der Waals surface area (Å²) in [4.78, 5) is 8.77. The number of aromatic nitrogens is 2. The normalized spacial score (nSPS) is 11.4. The Kier molecular flexibility index (Phi) is 6.60. The average molecular weight is 331 g/mol. The Morgan fingerprint density at radius 1 is 1.25 bits per heavy atom. The van der Waals surface area contributed by atoms with Crippen molar-refractivity contribution in [3.63, 3.8) is 0 Å². The molecular formula is C17H25N5O2. The van der Waals surface area contributed by atoms with E-state index in [4.69, 9.17) is 9.26 Å². The van der Waals surface area contributed by atoms with Gasteiger partial charge in [-0.15, -0.1) is 0 Å². The highest BCUT2D eigenvalue weighted by Crippen LogP contribution is 2.21. The van der Waals surface area contributed by atoms with Gasteiger partial charge >= 0.3 is 0 Å². The van der Waals surface area contributed by atoms with Crippen LogP contribution in [0.4, 0.5) is 0 Å². The molecule has 0 bridgehead atoms. The van der Waals surface area contributed by atoms with E-state index in [-0.39, 0.29) is 0 Å². The summed E-state index contributed by atoms with van der Waals surface area (Å²) in [6.45, 7) is 10.2. The van der Waals surface area contributed by atoms with Crippen molar-refractivity contribution in [2.45, 2.75) is 40.8 Å². The molecule has 0 aliphatic rings. The van der Waals surface area contributed by atoms with Crippen LogP contribution in [0.15, 0.2) is 27.7 Å². The minimum Gasteiger partial charge on any atom is -0.494 e. The first-order valence-electron chi connectivity index (χ1n) is 8.16. The lowest BCUT2D eigenvalue weighted by Gasteiger charge is -2.12. The zero-order valence-electron chi connectivity index (χ0n) is 14.7. The van der Waals surface area contributed by atoms with Gasteiger partial charge in [0.15, 0.2) is 11.8 Å². The molecule has 0 radical (unpaired) electrons. The van der Waals surface area contributed by atoms with Crippen LogP contribution in [0, 0.1) is 13.8 Å². The highest BCUT2D eigenvalue weighted by molar-refractivity contribution is 5.79. The number of hydrogen-bond acceptors (Lipinski definition) is 5. The summed E-state index contributed by atoms with van der Waals surface area (Å²) in [5.41, 5.74) is 2.22. The van der Waals surface area contributed by atoms with Gasteiger partial charge in [0.05, 0.1) is 19.7 Å². The molecule has 0 fully saturated rings. The standard InChI is InChI=1S/C17H25N5O2/c1-5-18-17(20-11-16-21-13(4)24-22-16)19-10-14-8-7-12(3)9-15(14)23-6-2/h7-9H,5-6,10-11H2,1-4H3,(H2,18,19,20). The second-order valence-electron chi connectivity index (χ2n) is 5.32. The van der Waals surface area contributed by atoms with Crippen molar-refractivity contribution in [3.8, 4) is 5.75 Å². The highest BCUT2D eigenvalue weighted by atomic mass is 16.5. The Balaban J connectivity index is 2.04.